The van der Waals surface area contributed by atoms with Crippen LogP contribution in [-0.4, -0.2) is 4.57 Å². The van der Waals surface area contributed by atoms with Gasteiger partial charge in [0, 0.05) is 31.5 Å². The first kappa shape index (κ1) is 15.8. The highest BCUT2D eigenvalue weighted by molar-refractivity contribution is 5.22. The predicted molar refractivity (Wildman–Crippen MR) is 85.5 cm³/mol. The summed E-state index contributed by atoms with van der Waals surface area (Å²) < 4.78 is 15.3. The Morgan fingerprint density at radius 1 is 1.14 bits per heavy atom. The summed E-state index contributed by atoms with van der Waals surface area (Å²) in [6.07, 6.45) is 4.26. The lowest BCUT2D eigenvalue weighted by Gasteiger charge is -2.32. The fraction of sp³-hybridized carbons (Fsp3) is 0.444. The zero-order valence-electron chi connectivity index (χ0n) is 13.4. The molecule has 3 heteroatoms. The van der Waals surface area contributed by atoms with Gasteiger partial charge in [0.2, 0.25) is 0 Å². The lowest BCUT2D eigenvalue weighted by molar-refractivity contribution is 0.271. The highest BCUT2D eigenvalue weighted by Crippen LogP contribution is 2.33. The van der Waals surface area contributed by atoms with E-state index in [1.54, 1.807) is 0 Å². The zero-order chi connectivity index (χ0) is 15.5. The molecule has 0 saturated carbocycles. The SMILES string of the molecule is CCn1ccc(CNC(c2ccc(F)cc2)C(C)(C)C)c1. The quantitative estimate of drug-likeness (QED) is 0.855. The smallest absolute Gasteiger partial charge is 0.123 e. The summed E-state index contributed by atoms with van der Waals surface area (Å²) in [5, 5.41) is 3.61. The van der Waals surface area contributed by atoms with E-state index in [9.17, 15) is 4.39 Å². The fourth-order valence-corrected chi connectivity index (χ4v) is 2.59. The molecule has 0 amide bonds. The van der Waals surface area contributed by atoms with Crippen LogP contribution in [0.1, 0.15) is 44.9 Å². The van der Waals surface area contributed by atoms with Crippen molar-refractivity contribution in [3.05, 3.63) is 59.7 Å². The first-order valence-electron chi connectivity index (χ1n) is 7.53. The molecule has 114 valence electrons. The van der Waals surface area contributed by atoms with E-state index >= 15 is 0 Å². The van der Waals surface area contributed by atoms with E-state index in [2.05, 4.69) is 56.0 Å². The standard InChI is InChI=1S/C18H25FN2/c1-5-21-11-10-14(13-21)12-20-17(18(2,3)4)15-6-8-16(19)9-7-15/h6-11,13,17,20H,5,12H2,1-4H3. The van der Waals surface area contributed by atoms with Crippen molar-refractivity contribution in [2.24, 2.45) is 5.41 Å². The Hall–Kier alpha value is -1.61. The molecule has 1 aromatic heterocycles. The molecule has 1 atom stereocenters. The third-order valence-corrected chi connectivity index (χ3v) is 3.76. The van der Waals surface area contributed by atoms with Gasteiger partial charge in [-0.3, -0.25) is 0 Å². The van der Waals surface area contributed by atoms with Crippen LogP contribution in [0.4, 0.5) is 4.39 Å². The van der Waals surface area contributed by atoms with Gasteiger partial charge >= 0.3 is 0 Å². The van der Waals surface area contributed by atoms with Crippen LogP contribution in [0.15, 0.2) is 42.7 Å². The van der Waals surface area contributed by atoms with E-state index in [0.29, 0.717) is 0 Å². The topological polar surface area (TPSA) is 17.0 Å². The second-order valence-corrected chi connectivity index (χ2v) is 6.58. The Bertz CT molecular complexity index is 564. The van der Waals surface area contributed by atoms with Gasteiger partial charge in [-0.25, -0.2) is 4.39 Å². The Morgan fingerprint density at radius 3 is 2.33 bits per heavy atom. The minimum absolute atomic E-state index is 0.0607. The maximum absolute atomic E-state index is 13.1. The molecule has 2 aromatic rings. The first-order valence-corrected chi connectivity index (χ1v) is 7.53. The van der Waals surface area contributed by atoms with Gasteiger partial charge in [-0.2, -0.15) is 0 Å². The van der Waals surface area contributed by atoms with Gasteiger partial charge in [0.1, 0.15) is 5.82 Å². The van der Waals surface area contributed by atoms with E-state index < -0.39 is 0 Å². The van der Waals surface area contributed by atoms with Crippen molar-refractivity contribution >= 4 is 0 Å². The van der Waals surface area contributed by atoms with Crippen LogP contribution in [0.25, 0.3) is 0 Å². The van der Waals surface area contributed by atoms with Crippen LogP contribution in [0.3, 0.4) is 0 Å². The van der Waals surface area contributed by atoms with Crippen LogP contribution < -0.4 is 5.32 Å². The average molecular weight is 288 g/mol. The average Bonchev–Trinajstić information content (AvgIpc) is 2.87. The van der Waals surface area contributed by atoms with E-state index in [1.165, 1.54) is 17.7 Å². The third kappa shape index (κ3) is 4.18. The van der Waals surface area contributed by atoms with Gasteiger partial charge in [-0.15, -0.1) is 0 Å². The molecule has 0 aliphatic heterocycles. The Balaban J connectivity index is 2.12. The van der Waals surface area contributed by atoms with Gasteiger partial charge in [0.25, 0.3) is 0 Å². The molecule has 0 fully saturated rings. The van der Waals surface area contributed by atoms with Crippen molar-refractivity contribution in [2.75, 3.05) is 0 Å². The summed E-state index contributed by atoms with van der Waals surface area (Å²) in [5.41, 5.74) is 2.46. The number of halogens is 1. The van der Waals surface area contributed by atoms with E-state index in [4.69, 9.17) is 0 Å². The molecule has 0 spiro atoms. The second-order valence-electron chi connectivity index (χ2n) is 6.58. The van der Waals surface area contributed by atoms with Crippen molar-refractivity contribution in [2.45, 2.75) is 46.8 Å². The number of hydrogen-bond donors (Lipinski definition) is 1. The molecule has 0 radical (unpaired) electrons. The van der Waals surface area contributed by atoms with E-state index in [1.807, 2.05) is 12.1 Å². The highest BCUT2D eigenvalue weighted by atomic mass is 19.1. The van der Waals surface area contributed by atoms with Crippen molar-refractivity contribution in [3.63, 3.8) is 0 Å². The van der Waals surface area contributed by atoms with Crippen LogP contribution in [0, 0.1) is 11.2 Å². The minimum atomic E-state index is -0.188. The lowest BCUT2D eigenvalue weighted by atomic mass is 9.82. The van der Waals surface area contributed by atoms with Crippen LogP contribution in [0.5, 0.6) is 0 Å². The number of nitrogens with one attached hydrogen (secondary N) is 1. The number of nitrogens with zero attached hydrogens (tertiary/aromatic N) is 1. The predicted octanol–water partition coefficient (Wildman–Crippen LogP) is 4.52. The Labute approximate surface area is 127 Å². The van der Waals surface area contributed by atoms with Gasteiger partial charge in [0.15, 0.2) is 0 Å². The summed E-state index contributed by atoms with van der Waals surface area (Å²) in [7, 11) is 0. The normalized spacial score (nSPS) is 13.4. The molecule has 0 saturated heterocycles. The molecule has 1 aromatic carbocycles. The van der Waals surface area contributed by atoms with Gasteiger partial charge < -0.3 is 9.88 Å². The summed E-state index contributed by atoms with van der Waals surface area (Å²) in [6, 6.07) is 9.13. The number of aromatic nitrogens is 1. The highest BCUT2D eigenvalue weighted by Gasteiger charge is 2.25. The summed E-state index contributed by atoms with van der Waals surface area (Å²) in [6.45, 7) is 10.5. The molecule has 0 aliphatic carbocycles. The van der Waals surface area contributed by atoms with Gasteiger partial charge in [-0.05, 0) is 41.7 Å². The first-order chi connectivity index (χ1) is 9.90. The molecule has 2 rings (SSSR count). The van der Waals surface area contributed by atoms with Crippen LogP contribution >= 0.6 is 0 Å². The van der Waals surface area contributed by atoms with Gasteiger partial charge in [-0.1, -0.05) is 32.9 Å². The molecule has 1 heterocycles. The zero-order valence-corrected chi connectivity index (χ0v) is 13.4. The molecule has 21 heavy (non-hydrogen) atoms. The Kier molecular flexibility index (Phi) is 4.84. The summed E-state index contributed by atoms with van der Waals surface area (Å²) >= 11 is 0. The van der Waals surface area contributed by atoms with E-state index in [-0.39, 0.29) is 17.3 Å². The van der Waals surface area contributed by atoms with Crippen molar-refractivity contribution in [1.82, 2.24) is 9.88 Å². The minimum Gasteiger partial charge on any atom is -0.354 e. The lowest BCUT2D eigenvalue weighted by Crippen LogP contribution is -2.32. The molecular weight excluding hydrogens is 263 g/mol. The fourth-order valence-electron chi connectivity index (χ4n) is 2.59. The number of hydrogen-bond acceptors (Lipinski definition) is 1. The molecule has 1 N–H and O–H groups in total. The molecule has 2 nitrogen and oxygen atoms in total. The van der Waals surface area contributed by atoms with Crippen LogP contribution in [-0.2, 0) is 13.1 Å². The Morgan fingerprint density at radius 2 is 1.81 bits per heavy atom. The number of rotatable bonds is 5. The van der Waals surface area contributed by atoms with Crippen LogP contribution in [0.2, 0.25) is 0 Å². The van der Waals surface area contributed by atoms with Gasteiger partial charge in [0.05, 0.1) is 0 Å². The van der Waals surface area contributed by atoms with Crippen molar-refractivity contribution < 1.29 is 4.39 Å². The third-order valence-electron chi connectivity index (χ3n) is 3.76. The van der Waals surface area contributed by atoms with Crippen molar-refractivity contribution in [1.29, 1.82) is 0 Å². The molecule has 1 unspecified atom stereocenters. The van der Waals surface area contributed by atoms with E-state index in [0.717, 1.165) is 18.7 Å². The maximum Gasteiger partial charge on any atom is 0.123 e. The summed E-state index contributed by atoms with van der Waals surface area (Å²) in [5.74, 6) is -0.188. The van der Waals surface area contributed by atoms with Crippen molar-refractivity contribution in [3.8, 4) is 0 Å². The monoisotopic (exact) mass is 288 g/mol. The molecular formula is C18H25FN2. The number of aryl methyl sites for hydroxylation is 1. The molecule has 0 bridgehead atoms. The second kappa shape index (κ2) is 6.44. The number of benzene rings is 1. The largest absolute Gasteiger partial charge is 0.354 e. The maximum atomic E-state index is 13.1. The summed E-state index contributed by atoms with van der Waals surface area (Å²) in [4.78, 5) is 0. The molecule has 0 aliphatic rings.